The summed E-state index contributed by atoms with van der Waals surface area (Å²) in [5.74, 6) is 0.514. The summed E-state index contributed by atoms with van der Waals surface area (Å²) in [6, 6.07) is 9.66. The minimum atomic E-state index is -0.206. The summed E-state index contributed by atoms with van der Waals surface area (Å²) in [7, 11) is 0. The number of guanidine groups is 1. The molecule has 23 heavy (non-hydrogen) atoms. The second-order valence-corrected chi connectivity index (χ2v) is 5.30. The van der Waals surface area contributed by atoms with Crippen molar-refractivity contribution in [1.82, 2.24) is 5.32 Å². The molecular weight excluding hydrogens is 292 g/mol. The van der Waals surface area contributed by atoms with Crippen LogP contribution in [-0.2, 0) is 0 Å². The van der Waals surface area contributed by atoms with Gasteiger partial charge in [-0.1, -0.05) is 12.1 Å². The lowest BCUT2D eigenvalue weighted by Gasteiger charge is -2.06. The summed E-state index contributed by atoms with van der Waals surface area (Å²) in [5.41, 5.74) is 8.72. The Morgan fingerprint density at radius 3 is 2.83 bits per heavy atom. The zero-order valence-electron chi connectivity index (χ0n) is 13.4. The van der Waals surface area contributed by atoms with Crippen LogP contribution in [-0.4, -0.2) is 25.0 Å². The van der Waals surface area contributed by atoms with Crippen LogP contribution in [0.25, 0.3) is 0 Å². The van der Waals surface area contributed by atoms with Gasteiger partial charge < -0.3 is 20.8 Å². The largest absolute Gasteiger partial charge is 0.459 e. The third-order valence-electron chi connectivity index (χ3n) is 3.26. The maximum Gasteiger partial charge on any atom is 0.287 e. The molecule has 4 N–H and O–H groups in total. The summed E-state index contributed by atoms with van der Waals surface area (Å²) in [5, 5.41) is 5.83. The molecule has 2 aromatic rings. The zero-order chi connectivity index (χ0) is 16.7. The van der Waals surface area contributed by atoms with Crippen LogP contribution < -0.4 is 16.4 Å². The molecule has 0 saturated carbocycles. The minimum Gasteiger partial charge on any atom is -0.459 e. The Bertz CT molecular complexity index is 691. The standard InChI is InChI=1S/C17H22N4O2/c1-12-5-3-6-14(11-12)21-17(18)20-9-4-8-19-16(22)15-13(2)7-10-23-15/h3,5-7,10-11H,4,8-9H2,1-2H3,(H,19,22)(H3,18,20,21). The number of nitrogens with zero attached hydrogens (tertiary/aromatic N) is 1. The number of amides is 1. The van der Waals surface area contributed by atoms with Crippen LogP contribution in [0.1, 0.15) is 28.1 Å². The van der Waals surface area contributed by atoms with Crippen molar-refractivity contribution in [2.24, 2.45) is 10.7 Å². The van der Waals surface area contributed by atoms with Crippen LogP contribution in [0.5, 0.6) is 0 Å². The van der Waals surface area contributed by atoms with E-state index >= 15 is 0 Å². The molecule has 6 heteroatoms. The van der Waals surface area contributed by atoms with Gasteiger partial charge in [-0.2, -0.15) is 0 Å². The molecule has 1 heterocycles. The Hall–Kier alpha value is -2.76. The summed E-state index contributed by atoms with van der Waals surface area (Å²) in [6.45, 7) is 4.89. The Kier molecular flexibility index (Phi) is 5.80. The van der Waals surface area contributed by atoms with Crippen LogP contribution in [0.4, 0.5) is 5.69 Å². The van der Waals surface area contributed by atoms with E-state index in [9.17, 15) is 4.79 Å². The summed E-state index contributed by atoms with van der Waals surface area (Å²) in [6.07, 6.45) is 2.20. The number of nitrogens with one attached hydrogen (secondary N) is 2. The normalized spacial score (nSPS) is 11.3. The maximum atomic E-state index is 11.8. The number of hydrogen-bond donors (Lipinski definition) is 3. The number of aryl methyl sites for hydroxylation is 2. The molecule has 0 spiro atoms. The predicted molar refractivity (Wildman–Crippen MR) is 91.7 cm³/mol. The summed E-state index contributed by atoms with van der Waals surface area (Å²) >= 11 is 0. The van der Waals surface area contributed by atoms with Crippen molar-refractivity contribution in [2.75, 3.05) is 18.4 Å². The fourth-order valence-corrected chi connectivity index (χ4v) is 2.08. The molecule has 1 aromatic carbocycles. The number of furan rings is 1. The molecule has 1 amide bonds. The fraction of sp³-hybridized carbons (Fsp3) is 0.294. The van der Waals surface area contributed by atoms with Gasteiger partial charge in [0.05, 0.1) is 6.26 Å². The van der Waals surface area contributed by atoms with Crippen LogP contribution in [0, 0.1) is 13.8 Å². The number of rotatable bonds is 6. The minimum absolute atomic E-state index is 0.206. The number of nitrogens with two attached hydrogens (primary N) is 1. The summed E-state index contributed by atoms with van der Waals surface area (Å²) in [4.78, 5) is 16.1. The monoisotopic (exact) mass is 314 g/mol. The van der Waals surface area contributed by atoms with Crippen LogP contribution in [0.15, 0.2) is 46.0 Å². The van der Waals surface area contributed by atoms with Crippen molar-refractivity contribution >= 4 is 17.6 Å². The highest BCUT2D eigenvalue weighted by Gasteiger charge is 2.11. The molecule has 0 unspecified atom stereocenters. The van der Waals surface area contributed by atoms with E-state index in [-0.39, 0.29) is 5.91 Å². The van der Waals surface area contributed by atoms with Crippen molar-refractivity contribution in [3.8, 4) is 0 Å². The van der Waals surface area contributed by atoms with Gasteiger partial charge in [-0.25, -0.2) is 0 Å². The Morgan fingerprint density at radius 1 is 1.30 bits per heavy atom. The third-order valence-corrected chi connectivity index (χ3v) is 3.26. The first-order valence-electron chi connectivity index (χ1n) is 7.52. The van der Waals surface area contributed by atoms with Crippen molar-refractivity contribution in [3.05, 3.63) is 53.5 Å². The first-order valence-corrected chi connectivity index (χ1v) is 7.52. The lowest BCUT2D eigenvalue weighted by Crippen LogP contribution is -2.26. The van der Waals surface area contributed by atoms with Crippen LogP contribution in [0.2, 0.25) is 0 Å². The van der Waals surface area contributed by atoms with E-state index in [0.717, 1.165) is 16.8 Å². The molecule has 2 rings (SSSR count). The van der Waals surface area contributed by atoms with E-state index in [2.05, 4.69) is 15.6 Å². The molecule has 0 radical (unpaired) electrons. The van der Waals surface area contributed by atoms with Gasteiger partial charge >= 0.3 is 0 Å². The lowest BCUT2D eigenvalue weighted by molar-refractivity contribution is 0.0925. The topological polar surface area (TPSA) is 92.6 Å². The van der Waals surface area contributed by atoms with Crippen LogP contribution >= 0.6 is 0 Å². The van der Waals surface area contributed by atoms with E-state index < -0.39 is 0 Å². The van der Waals surface area contributed by atoms with Gasteiger partial charge in [0.2, 0.25) is 0 Å². The van der Waals surface area contributed by atoms with Crippen molar-refractivity contribution < 1.29 is 9.21 Å². The van der Waals surface area contributed by atoms with Gasteiger partial charge in [-0.15, -0.1) is 0 Å². The quantitative estimate of drug-likeness (QED) is 0.434. The third kappa shape index (κ3) is 5.18. The Labute approximate surface area is 135 Å². The second-order valence-electron chi connectivity index (χ2n) is 5.30. The molecule has 6 nitrogen and oxygen atoms in total. The number of anilines is 1. The fourth-order valence-electron chi connectivity index (χ4n) is 2.08. The molecule has 0 aliphatic carbocycles. The summed E-state index contributed by atoms with van der Waals surface area (Å²) < 4.78 is 5.13. The molecule has 0 saturated heterocycles. The van der Waals surface area contributed by atoms with Crippen molar-refractivity contribution in [3.63, 3.8) is 0 Å². The first-order chi connectivity index (χ1) is 11.1. The van der Waals surface area contributed by atoms with Crippen molar-refractivity contribution in [2.45, 2.75) is 20.3 Å². The van der Waals surface area contributed by atoms with Gasteiger partial charge in [-0.05, 0) is 44.0 Å². The molecule has 0 aliphatic rings. The SMILES string of the molecule is Cc1cccc(NC(N)=NCCCNC(=O)c2occc2C)c1. The molecule has 1 aromatic heterocycles. The lowest BCUT2D eigenvalue weighted by atomic mass is 10.2. The highest BCUT2D eigenvalue weighted by Crippen LogP contribution is 2.09. The highest BCUT2D eigenvalue weighted by molar-refractivity contribution is 5.93. The van der Waals surface area contributed by atoms with Gasteiger partial charge in [0, 0.05) is 24.3 Å². The van der Waals surface area contributed by atoms with E-state index in [1.807, 2.05) is 38.1 Å². The zero-order valence-corrected chi connectivity index (χ0v) is 13.4. The van der Waals surface area contributed by atoms with Crippen molar-refractivity contribution in [1.29, 1.82) is 0 Å². The number of carbonyl (C=O) groups is 1. The smallest absolute Gasteiger partial charge is 0.287 e. The Morgan fingerprint density at radius 2 is 2.13 bits per heavy atom. The van der Waals surface area contributed by atoms with Gasteiger partial charge in [0.15, 0.2) is 11.7 Å². The van der Waals surface area contributed by atoms with Gasteiger partial charge in [-0.3, -0.25) is 9.79 Å². The van der Waals surface area contributed by atoms with E-state index in [0.29, 0.717) is 31.2 Å². The molecule has 122 valence electrons. The van der Waals surface area contributed by atoms with Crippen LogP contribution in [0.3, 0.4) is 0 Å². The maximum absolute atomic E-state index is 11.8. The number of hydrogen-bond acceptors (Lipinski definition) is 3. The molecule has 0 atom stereocenters. The molecular formula is C17H22N4O2. The van der Waals surface area contributed by atoms with E-state index in [4.69, 9.17) is 10.2 Å². The molecule has 0 bridgehead atoms. The first kappa shape index (κ1) is 16.6. The average Bonchev–Trinajstić information content (AvgIpc) is 2.93. The van der Waals surface area contributed by atoms with E-state index in [1.165, 1.54) is 6.26 Å². The van der Waals surface area contributed by atoms with Gasteiger partial charge in [0.25, 0.3) is 5.91 Å². The second kappa shape index (κ2) is 8.03. The molecule has 0 aliphatic heterocycles. The Balaban J connectivity index is 1.70. The predicted octanol–water partition coefficient (Wildman–Crippen LogP) is 2.44. The van der Waals surface area contributed by atoms with E-state index in [1.54, 1.807) is 6.07 Å². The number of aliphatic imine (C=N–C) groups is 1. The molecule has 0 fully saturated rings. The van der Waals surface area contributed by atoms with Gasteiger partial charge in [0.1, 0.15) is 0 Å². The number of benzene rings is 1. The number of carbonyl (C=O) groups excluding carboxylic acids is 1. The highest BCUT2D eigenvalue weighted by atomic mass is 16.3. The average molecular weight is 314 g/mol.